The van der Waals surface area contributed by atoms with Gasteiger partial charge in [0.2, 0.25) is 15.2 Å². The molecule has 1 N–H and O–H groups in total. The van der Waals surface area contributed by atoms with E-state index in [-0.39, 0.29) is 10.6 Å². The Morgan fingerprint density at radius 3 is 2.63 bits per heavy atom. The fraction of sp³-hybridized carbons (Fsp3) is 0.500. The number of nitro groups is 1. The third-order valence-corrected chi connectivity index (χ3v) is 7.55. The number of aromatic nitrogens is 3. The predicted molar refractivity (Wildman–Crippen MR) is 98.2 cm³/mol. The van der Waals surface area contributed by atoms with Crippen LogP contribution in [0, 0.1) is 10.1 Å². The van der Waals surface area contributed by atoms with Crippen LogP contribution in [-0.4, -0.2) is 45.9 Å². The van der Waals surface area contributed by atoms with Crippen LogP contribution in [0.25, 0.3) is 0 Å². The molecule has 2 fully saturated rings. The van der Waals surface area contributed by atoms with E-state index in [2.05, 4.69) is 15.2 Å². The monoisotopic (exact) mass is 409 g/mol. The number of nitrogens with one attached hydrogen (secondary N) is 1. The standard InChI is InChI=1S/C16H19N5O4S2/c22-21(23)13-10-12(27(24,25)20-8-2-1-3-9-20)6-7-14(13)26-16-17-15(18-19-16)11-4-5-11/h6-7,10-11H,1-5,8-9H2,(H,17,18,19). The van der Waals surface area contributed by atoms with Crippen molar-refractivity contribution in [1.82, 2.24) is 19.5 Å². The van der Waals surface area contributed by atoms with Crippen molar-refractivity contribution in [1.29, 1.82) is 0 Å². The third kappa shape index (κ3) is 3.85. The van der Waals surface area contributed by atoms with E-state index in [0.29, 0.717) is 29.1 Å². The summed E-state index contributed by atoms with van der Waals surface area (Å²) >= 11 is 1.06. The molecule has 1 aliphatic heterocycles. The van der Waals surface area contributed by atoms with E-state index in [9.17, 15) is 18.5 Å². The molecule has 11 heteroatoms. The number of hydrogen-bond donors (Lipinski definition) is 1. The molecule has 0 amide bonds. The van der Waals surface area contributed by atoms with Crippen molar-refractivity contribution in [2.45, 2.75) is 53.0 Å². The van der Waals surface area contributed by atoms with Crippen molar-refractivity contribution in [3.63, 3.8) is 0 Å². The highest BCUT2D eigenvalue weighted by molar-refractivity contribution is 7.99. The number of aromatic amines is 1. The van der Waals surface area contributed by atoms with Crippen LogP contribution < -0.4 is 0 Å². The Bertz CT molecular complexity index is 965. The molecule has 0 unspecified atom stereocenters. The lowest BCUT2D eigenvalue weighted by atomic mass is 10.2. The summed E-state index contributed by atoms with van der Waals surface area (Å²) in [4.78, 5) is 15.6. The quantitative estimate of drug-likeness (QED) is 0.575. The van der Waals surface area contributed by atoms with Crippen molar-refractivity contribution in [2.24, 2.45) is 0 Å². The molecule has 27 heavy (non-hydrogen) atoms. The molecule has 1 aromatic heterocycles. The summed E-state index contributed by atoms with van der Waals surface area (Å²) < 4.78 is 27.0. The minimum atomic E-state index is -3.72. The highest BCUT2D eigenvalue weighted by Gasteiger charge is 2.30. The second-order valence-corrected chi connectivity index (χ2v) is 9.68. The van der Waals surface area contributed by atoms with Gasteiger partial charge in [-0.1, -0.05) is 6.42 Å². The summed E-state index contributed by atoms with van der Waals surface area (Å²) in [5.41, 5.74) is -0.254. The molecule has 144 valence electrons. The van der Waals surface area contributed by atoms with Gasteiger partial charge in [-0.3, -0.25) is 15.2 Å². The van der Waals surface area contributed by atoms with Crippen LogP contribution in [0.1, 0.15) is 43.8 Å². The van der Waals surface area contributed by atoms with Crippen LogP contribution in [-0.2, 0) is 10.0 Å². The Hall–Kier alpha value is -1.98. The first kappa shape index (κ1) is 18.4. The number of hydrogen-bond acceptors (Lipinski definition) is 7. The van der Waals surface area contributed by atoms with Crippen molar-refractivity contribution >= 4 is 27.5 Å². The zero-order valence-electron chi connectivity index (χ0n) is 14.5. The van der Waals surface area contributed by atoms with Crippen LogP contribution in [0.2, 0.25) is 0 Å². The number of rotatable bonds is 6. The van der Waals surface area contributed by atoms with E-state index in [4.69, 9.17) is 0 Å². The van der Waals surface area contributed by atoms with Crippen molar-refractivity contribution < 1.29 is 13.3 Å². The van der Waals surface area contributed by atoms with E-state index < -0.39 is 14.9 Å². The van der Waals surface area contributed by atoms with Crippen molar-refractivity contribution in [2.75, 3.05) is 13.1 Å². The largest absolute Gasteiger partial charge is 0.284 e. The number of H-pyrrole nitrogens is 1. The fourth-order valence-electron chi connectivity index (χ4n) is 3.08. The molecule has 0 spiro atoms. The normalized spacial score (nSPS) is 18.5. The molecular formula is C16H19N5O4S2. The Kier molecular flexibility index (Phi) is 4.91. The van der Waals surface area contributed by atoms with Gasteiger partial charge in [-0.2, -0.15) is 4.31 Å². The van der Waals surface area contributed by atoms with E-state index in [1.54, 1.807) is 0 Å². The van der Waals surface area contributed by atoms with Crippen LogP contribution in [0.5, 0.6) is 0 Å². The first-order valence-corrected chi connectivity index (χ1v) is 11.1. The zero-order chi connectivity index (χ0) is 19.0. The molecule has 2 aliphatic rings. The molecule has 1 saturated heterocycles. The number of sulfonamides is 1. The number of benzene rings is 1. The van der Waals surface area contributed by atoms with Gasteiger partial charge in [0.1, 0.15) is 5.82 Å². The van der Waals surface area contributed by atoms with Gasteiger partial charge < -0.3 is 0 Å². The third-order valence-electron chi connectivity index (χ3n) is 4.73. The Morgan fingerprint density at radius 1 is 1.22 bits per heavy atom. The van der Waals surface area contributed by atoms with E-state index in [1.807, 2.05) is 0 Å². The van der Waals surface area contributed by atoms with E-state index >= 15 is 0 Å². The Balaban J connectivity index is 1.62. The molecule has 1 aromatic carbocycles. The summed E-state index contributed by atoms with van der Waals surface area (Å²) in [6.07, 6.45) is 4.76. The highest BCUT2D eigenvalue weighted by atomic mass is 32.2. The lowest BCUT2D eigenvalue weighted by Crippen LogP contribution is -2.35. The van der Waals surface area contributed by atoms with Gasteiger partial charge in [-0.15, -0.1) is 5.10 Å². The topological polar surface area (TPSA) is 122 Å². The minimum absolute atomic E-state index is 0.0471. The zero-order valence-corrected chi connectivity index (χ0v) is 16.1. The maximum absolute atomic E-state index is 12.8. The first-order chi connectivity index (χ1) is 12.9. The molecule has 0 bridgehead atoms. The molecular weight excluding hydrogens is 390 g/mol. The molecule has 1 aliphatic carbocycles. The summed E-state index contributed by atoms with van der Waals surface area (Å²) in [5.74, 6) is 1.20. The summed E-state index contributed by atoms with van der Waals surface area (Å²) in [5, 5.41) is 18.9. The van der Waals surface area contributed by atoms with Gasteiger partial charge in [0, 0.05) is 25.1 Å². The molecule has 0 atom stereocenters. The lowest BCUT2D eigenvalue weighted by Gasteiger charge is -2.25. The average molecular weight is 409 g/mol. The first-order valence-electron chi connectivity index (χ1n) is 8.84. The minimum Gasteiger partial charge on any atom is -0.262 e. The van der Waals surface area contributed by atoms with Gasteiger partial charge in [-0.05, 0) is 49.6 Å². The van der Waals surface area contributed by atoms with E-state index in [0.717, 1.165) is 55.8 Å². The molecule has 0 radical (unpaired) electrons. The molecule has 2 heterocycles. The average Bonchev–Trinajstić information content (AvgIpc) is 3.42. The van der Waals surface area contributed by atoms with Crippen LogP contribution in [0.15, 0.2) is 33.1 Å². The van der Waals surface area contributed by atoms with Crippen LogP contribution in [0.3, 0.4) is 0 Å². The van der Waals surface area contributed by atoms with E-state index in [1.165, 1.54) is 16.4 Å². The molecule has 2 aromatic rings. The van der Waals surface area contributed by atoms with Crippen LogP contribution >= 0.6 is 11.8 Å². The molecule has 9 nitrogen and oxygen atoms in total. The number of nitro benzene ring substituents is 1. The molecule has 4 rings (SSSR count). The maximum Gasteiger partial charge on any atom is 0.284 e. The second kappa shape index (κ2) is 7.21. The maximum atomic E-state index is 12.8. The van der Waals surface area contributed by atoms with Crippen molar-refractivity contribution in [3.8, 4) is 0 Å². The highest BCUT2D eigenvalue weighted by Crippen LogP contribution is 2.40. The Morgan fingerprint density at radius 2 is 1.96 bits per heavy atom. The predicted octanol–water partition coefficient (Wildman–Crippen LogP) is 2.92. The summed E-state index contributed by atoms with van der Waals surface area (Å²) in [6.45, 7) is 0.904. The number of piperidine rings is 1. The molecule has 1 saturated carbocycles. The van der Waals surface area contributed by atoms with Gasteiger partial charge in [0.25, 0.3) is 5.69 Å². The lowest BCUT2D eigenvalue weighted by molar-refractivity contribution is -0.388. The number of nitrogens with zero attached hydrogens (tertiary/aromatic N) is 4. The van der Waals surface area contributed by atoms with Gasteiger partial charge in [0.05, 0.1) is 14.7 Å². The SMILES string of the molecule is O=[N+]([O-])c1cc(S(=O)(=O)N2CCCCC2)ccc1Sc1n[nH]c(C2CC2)n1. The van der Waals surface area contributed by atoms with Gasteiger partial charge in [-0.25, -0.2) is 13.4 Å². The Labute approximate surface area is 160 Å². The second-order valence-electron chi connectivity index (χ2n) is 6.73. The van der Waals surface area contributed by atoms with Gasteiger partial charge >= 0.3 is 0 Å². The summed E-state index contributed by atoms with van der Waals surface area (Å²) in [7, 11) is -3.72. The van der Waals surface area contributed by atoms with Gasteiger partial charge in [0.15, 0.2) is 0 Å². The van der Waals surface area contributed by atoms with Crippen molar-refractivity contribution in [3.05, 3.63) is 34.1 Å². The summed E-state index contributed by atoms with van der Waals surface area (Å²) in [6, 6.07) is 4.03. The fourth-order valence-corrected chi connectivity index (χ4v) is 5.43. The van der Waals surface area contributed by atoms with Crippen LogP contribution in [0.4, 0.5) is 5.69 Å². The smallest absolute Gasteiger partial charge is 0.262 e.